The van der Waals surface area contributed by atoms with E-state index in [-0.39, 0.29) is 0 Å². The maximum Gasteiger partial charge on any atom is 0.163 e. The van der Waals surface area contributed by atoms with Crippen molar-refractivity contribution in [1.82, 2.24) is 4.98 Å². The minimum atomic E-state index is 0.473. The predicted molar refractivity (Wildman–Crippen MR) is 82.1 cm³/mol. The first-order valence-corrected chi connectivity index (χ1v) is 7.76. The van der Waals surface area contributed by atoms with Gasteiger partial charge in [-0.05, 0) is 13.0 Å². The number of fused-ring (bicyclic) bond motifs is 1. The van der Waals surface area contributed by atoms with Gasteiger partial charge >= 0.3 is 0 Å². The van der Waals surface area contributed by atoms with E-state index in [1.165, 1.54) is 4.88 Å². The highest BCUT2D eigenvalue weighted by Crippen LogP contribution is 2.34. The molecule has 0 bridgehead atoms. The van der Waals surface area contributed by atoms with Gasteiger partial charge in [-0.15, -0.1) is 11.3 Å². The van der Waals surface area contributed by atoms with Crippen LogP contribution in [0.2, 0.25) is 0 Å². The molecule has 2 N–H and O–H groups in total. The fourth-order valence-electron chi connectivity index (χ4n) is 2.18. The highest BCUT2D eigenvalue weighted by atomic mass is 32.1. The normalized spacial score (nSPS) is 13.4. The fourth-order valence-corrected chi connectivity index (χ4v) is 2.95. The van der Waals surface area contributed by atoms with Gasteiger partial charge in [-0.2, -0.15) is 0 Å². The van der Waals surface area contributed by atoms with Crippen LogP contribution in [0.15, 0.2) is 17.6 Å². The van der Waals surface area contributed by atoms with Crippen LogP contribution >= 0.6 is 11.3 Å². The van der Waals surface area contributed by atoms with Crippen LogP contribution in [0, 0.1) is 6.92 Å². The van der Waals surface area contributed by atoms with Crippen molar-refractivity contribution < 1.29 is 14.2 Å². The number of aromatic nitrogens is 1. The number of nitrogen functional groups attached to an aromatic ring is 1. The standard InChI is InChI=1S/C15H18N2O3S/c1-10-15(21-9-17-10)2-3-18-8-11-6-13-14(7-12(11)16)20-5-4-19-13/h6-7,9H,2-5,8,16H2,1H3. The quantitative estimate of drug-likeness (QED) is 0.679. The van der Waals surface area contributed by atoms with Gasteiger partial charge in [0.15, 0.2) is 11.5 Å². The van der Waals surface area contributed by atoms with Gasteiger partial charge in [0, 0.05) is 28.6 Å². The first-order chi connectivity index (χ1) is 10.2. The number of nitrogens with zero attached hydrogens (tertiary/aromatic N) is 1. The summed E-state index contributed by atoms with van der Waals surface area (Å²) < 4.78 is 16.8. The molecule has 0 amide bonds. The van der Waals surface area contributed by atoms with Crippen LogP contribution in [0.5, 0.6) is 11.5 Å². The van der Waals surface area contributed by atoms with Gasteiger partial charge in [0.25, 0.3) is 0 Å². The summed E-state index contributed by atoms with van der Waals surface area (Å²) in [5, 5.41) is 0. The number of ether oxygens (including phenoxy) is 3. The van der Waals surface area contributed by atoms with Gasteiger partial charge in [0.05, 0.1) is 24.4 Å². The Balaban J connectivity index is 1.56. The molecule has 0 saturated carbocycles. The molecule has 1 aromatic heterocycles. The van der Waals surface area contributed by atoms with Crippen LogP contribution in [0.1, 0.15) is 16.1 Å². The lowest BCUT2D eigenvalue weighted by atomic mass is 10.1. The molecule has 3 rings (SSSR count). The van der Waals surface area contributed by atoms with Crippen molar-refractivity contribution in [2.45, 2.75) is 20.0 Å². The third kappa shape index (κ3) is 3.28. The number of hydrogen-bond donors (Lipinski definition) is 1. The van der Waals surface area contributed by atoms with E-state index in [0.29, 0.717) is 37.9 Å². The van der Waals surface area contributed by atoms with Crippen LogP contribution in [-0.2, 0) is 17.8 Å². The number of anilines is 1. The number of rotatable bonds is 5. The molecule has 0 unspecified atom stereocenters. The van der Waals surface area contributed by atoms with E-state index in [1.807, 2.05) is 18.5 Å². The first kappa shape index (κ1) is 14.2. The molecule has 112 valence electrons. The van der Waals surface area contributed by atoms with Crippen molar-refractivity contribution in [3.63, 3.8) is 0 Å². The predicted octanol–water partition coefficient (Wildman–Crippen LogP) is 2.56. The number of hydrogen-bond acceptors (Lipinski definition) is 6. The van der Waals surface area contributed by atoms with Gasteiger partial charge in [-0.1, -0.05) is 0 Å². The van der Waals surface area contributed by atoms with Gasteiger partial charge in [-0.3, -0.25) is 0 Å². The molecule has 6 heteroatoms. The number of thiazole rings is 1. The molecule has 2 aromatic rings. The van der Waals surface area contributed by atoms with E-state index in [0.717, 1.165) is 23.4 Å². The Morgan fingerprint density at radius 1 is 1.29 bits per heavy atom. The Bertz CT molecular complexity index is 627. The smallest absolute Gasteiger partial charge is 0.163 e. The van der Waals surface area contributed by atoms with E-state index >= 15 is 0 Å². The second-order valence-electron chi connectivity index (χ2n) is 4.86. The molecule has 0 atom stereocenters. The molecule has 1 aliphatic rings. The summed E-state index contributed by atoms with van der Waals surface area (Å²) >= 11 is 1.67. The lowest BCUT2D eigenvalue weighted by Crippen LogP contribution is -2.16. The lowest BCUT2D eigenvalue weighted by molar-refractivity contribution is 0.123. The molecule has 1 aromatic carbocycles. The van der Waals surface area contributed by atoms with Crippen molar-refractivity contribution >= 4 is 17.0 Å². The Hall–Kier alpha value is -1.79. The summed E-state index contributed by atoms with van der Waals surface area (Å²) in [5.74, 6) is 1.45. The second kappa shape index (κ2) is 6.32. The molecule has 1 aliphatic heterocycles. The molecule has 0 saturated heterocycles. The molecule has 0 aliphatic carbocycles. The minimum Gasteiger partial charge on any atom is -0.486 e. The summed E-state index contributed by atoms with van der Waals surface area (Å²) in [4.78, 5) is 5.50. The van der Waals surface area contributed by atoms with E-state index < -0.39 is 0 Å². The lowest BCUT2D eigenvalue weighted by Gasteiger charge is -2.20. The average molecular weight is 306 g/mol. The zero-order chi connectivity index (χ0) is 14.7. The molecule has 21 heavy (non-hydrogen) atoms. The van der Waals surface area contributed by atoms with Crippen LogP contribution < -0.4 is 15.2 Å². The number of nitrogens with two attached hydrogens (primary N) is 1. The third-order valence-electron chi connectivity index (χ3n) is 3.38. The molecule has 0 radical (unpaired) electrons. The molecular weight excluding hydrogens is 288 g/mol. The van der Waals surface area contributed by atoms with Gasteiger partial charge in [0.2, 0.25) is 0 Å². The average Bonchev–Trinajstić information content (AvgIpc) is 2.89. The van der Waals surface area contributed by atoms with Crippen molar-refractivity contribution in [2.75, 3.05) is 25.6 Å². The van der Waals surface area contributed by atoms with Gasteiger partial charge < -0.3 is 19.9 Å². The monoisotopic (exact) mass is 306 g/mol. The number of benzene rings is 1. The largest absolute Gasteiger partial charge is 0.486 e. The van der Waals surface area contributed by atoms with Crippen molar-refractivity contribution in [1.29, 1.82) is 0 Å². The topological polar surface area (TPSA) is 66.6 Å². The molecular formula is C15H18N2O3S. The van der Waals surface area contributed by atoms with E-state index in [2.05, 4.69) is 4.98 Å². The molecule has 5 nitrogen and oxygen atoms in total. The van der Waals surface area contributed by atoms with Crippen molar-refractivity contribution in [2.24, 2.45) is 0 Å². The zero-order valence-electron chi connectivity index (χ0n) is 11.9. The van der Waals surface area contributed by atoms with Crippen LogP contribution in [0.25, 0.3) is 0 Å². The Morgan fingerprint density at radius 2 is 2.05 bits per heavy atom. The van der Waals surface area contributed by atoms with E-state index in [1.54, 1.807) is 17.4 Å². The van der Waals surface area contributed by atoms with Crippen LogP contribution in [-0.4, -0.2) is 24.8 Å². The summed E-state index contributed by atoms with van der Waals surface area (Å²) in [6, 6.07) is 3.71. The highest BCUT2D eigenvalue weighted by molar-refractivity contribution is 7.09. The third-order valence-corrected chi connectivity index (χ3v) is 4.37. The van der Waals surface area contributed by atoms with Crippen LogP contribution in [0.4, 0.5) is 5.69 Å². The maximum atomic E-state index is 6.02. The van der Waals surface area contributed by atoms with Crippen molar-refractivity contribution in [3.8, 4) is 11.5 Å². The molecule has 2 heterocycles. The molecule has 0 fully saturated rings. The number of aryl methyl sites for hydroxylation is 1. The maximum absolute atomic E-state index is 6.02. The first-order valence-electron chi connectivity index (χ1n) is 6.89. The van der Waals surface area contributed by atoms with E-state index in [4.69, 9.17) is 19.9 Å². The minimum absolute atomic E-state index is 0.473. The summed E-state index contributed by atoms with van der Waals surface area (Å²) in [6.45, 7) is 4.28. The zero-order valence-corrected chi connectivity index (χ0v) is 12.7. The summed E-state index contributed by atoms with van der Waals surface area (Å²) in [5.41, 5.74) is 10.6. The molecule has 0 spiro atoms. The summed E-state index contributed by atoms with van der Waals surface area (Å²) in [7, 11) is 0. The highest BCUT2D eigenvalue weighted by Gasteiger charge is 2.14. The second-order valence-corrected chi connectivity index (χ2v) is 5.80. The summed E-state index contributed by atoms with van der Waals surface area (Å²) in [6.07, 6.45) is 0.876. The Morgan fingerprint density at radius 3 is 2.76 bits per heavy atom. The van der Waals surface area contributed by atoms with Crippen LogP contribution in [0.3, 0.4) is 0 Å². The van der Waals surface area contributed by atoms with Gasteiger partial charge in [0.1, 0.15) is 13.2 Å². The Kier molecular flexibility index (Phi) is 4.26. The fraction of sp³-hybridized carbons (Fsp3) is 0.400. The van der Waals surface area contributed by atoms with E-state index in [9.17, 15) is 0 Å². The SMILES string of the molecule is Cc1ncsc1CCOCc1cc2c(cc1N)OCCO2. The van der Waals surface area contributed by atoms with Crippen molar-refractivity contribution in [3.05, 3.63) is 33.8 Å². The van der Waals surface area contributed by atoms with Gasteiger partial charge in [-0.25, -0.2) is 4.98 Å². The Labute approximate surface area is 127 Å².